The molecule has 2 unspecified atom stereocenters. The molecule has 2 aromatic heterocycles. The topological polar surface area (TPSA) is 128 Å². The Morgan fingerprint density at radius 2 is 1.83 bits per heavy atom. The molecule has 1 saturated heterocycles. The summed E-state index contributed by atoms with van der Waals surface area (Å²) < 4.78 is 10.7. The van der Waals surface area contributed by atoms with E-state index in [2.05, 4.69) is 73.1 Å². The number of allylic oxidation sites excluding steroid dienone is 3. The molecule has 5 heterocycles. The molecule has 1 aliphatic carbocycles. The number of Topliss-reactive ketones (excluding diaryl/α,β-unsaturated/α-hetero) is 1. The number of methoxy groups -OCH3 is 1. The number of aromatic nitrogens is 2. The Balaban J connectivity index is 1.64. The van der Waals surface area contributed by atoms with Gasteiger partial charge in [0.25, 0.3) is 0 Å². The summed E-state index contributed by atoms with van der Waals surface area (Å²) in [6, 6.07) is -0.343. The Labute approximate surface area is 270 Å². The Hall–Kier alpha value is -4.08. The quantitative estimate of drug-likeness (QED) is 0.220. The largest absolute Gasteiger partial charge is 0.466 e. The number of H-pyrrole nitrogens is 2. The summed E-state index contributed by atoms with van der Waals surface area (Å²) in [5, 5.41) is 20.2. The second-order valence-electron chi connectivity index (χ2n) is 12.9. The lowest BCUT2D eigenvalue weighted by atomic mass is 9.80. The smallest absolute Gasteiger partial charge is 0.305 e. The van der Waals surface area contributed by atoms with E-state index in [1.165, 1.54) is 12.7 Å². The van der Waals surface area contributed by atoms with Crippen molar-refractivity contribution in [1.82, 2.24) is 20.6 Å². The Kier molecular flexibility index (Phi) is 8.50. The summed E-state index contributed by atoms with van der Waals surface area (Å²) in [4.78, 5) is 34.0. The van der Waals surface area contributed by atoms with Crippen molar-refractivity contribution < 1.29 is 24.2 Å². The average Bonchev–Trinajstić information content (AvgIpc) is 3.77. The van der Waals surface area contributed by atoms with Gasteiger partial charge in [0.05, 0.1) is 23.9 Å². The molecule has 0 amide bonds. The third-order valence-electron chi connectivity index (χ3n) is 10.6. The lowest BCUT2D eigenvalue weighted by Crippen LogP contribution is -2.39. The van der Waals surface area contributed by atoms with E-state index in [4.69, 9.17) is 9.47 Å². The van der Waals surface area contributed by atoms with Crippen molar-refractivity contribution in [3.63, 3.8) is 0 Å². The molecule has 3 aliphatic heterocycles. The van der Waals surface area contributed by atoms with Crippen LogP contribution in [0.2, 0.25) is 0 Å². The highest BCUT2D eigenvalue weighted by molar-refractivity contribution is 6.09. The van der Waals surface area contributed by atoms with E-state index >= 15 is 0 Å². The van der Waals surface area contributed by atoms with Crippen molar-refractivity contribution in [2.24, 2.45) is 23.7 Å². The molecule has 4 aliphatic rings. The lowest BCUT2D eigenvalue weighted by Gasteiger charge is -2.28. The number of carbonyl (C=O) groups excluding carboxylic acids is 2. The van der Waals surface area contributed by atoms with Crippen molar-refractivity contribution >= 4 is 41.6 Å². The van der Waals surface area contributed by atoms with Gasteiger partial charge in [-0.1, -0.05) is 33.4 Å². The zero-order chi connectivity index (χ0) is 33.0. The van der Waals surface area contributed by atoms with Crippen LogP contribution in [0.4, 0.5) is 0 Å². The fraction of sp³-hybridized carbons (Fsp3) is 0.459. The van der Waals surface area contributed by atoms with Crippen LogP contribution in [0.5, 0.6) is 0 Å². The normalized spacial score (nSPS) is 28.5. The van der Waals surface area contributed by atoms with Crippen LogP contribution in [0, 0.1) is 37.5 Å². The summed E-state index contributed by atoms with van der Waals surface area (Å²) in [6.45, 7) is 16.8. The molecule has 9 heteroatoms. The van der Waals surface area contributed by atoms with E-state index in [0.29, 0.717) is 18.6 Å². The molecule has 0 aromatic carbocycles. The van der Waals surface area contributed by atoms with Crippen LogP contribution in [-0.4, -0.2) is 52.9 Å². The van der Waals surface area contributed by atoms with Gasteiger partial charge in [0.15, 0.2) is 12.1 Å². The number of fused-ring (bicyclic) bond motifs is 8. The SMILES string of the molecule is C=Cc1c2[nH]c(c1C)/C=C1\NC(C3=c4[nH]/c(c(C)c4C(=O)[C@@H]3C(O)OC)=C\C3=C(CC)[C@H](C)/C(=C/2)N3)[C@@H](CCC(=O)OCC)[C@@H]1C. The van der Waals surface area contributed by atoms with Gasteiger partial charge in [0.1, 0.15) is 0 Å². The molecule has 0 spiro atoms. The first-order valence-corrected chi connectivity index (χ1v) is 16.4. The number of hydrogen-bond donors (Lipinski definition) is 5. The molecule has 2 aromatic rings. The van der Waals surface area contributed by atoms with E-state index in [9.17, 15) is 14.7 Å². The van der Waals surface area contributed by atoms with Crippen LogP contribution < -0.4 is 21.3 Å². The molecular formula is C37H46N4O5. The highest BCUT2D eigenvalue weighted by atomic mass is 16.6. The first kappa shape index (κ1) is 31.9. The van der Waals surface area contributed by atoms with Gasteiger partial charge in [-0.05, 0) is 80.0 Å². The maximum absolute atomic E-state index is 14.2. The van der Waals surface area contributed by atoms with E-state index < -0.39 is 12.2 Å². The van der Waals surface area contributed by atoms with Gasteiger partial charge < -0.3 is 35.2 Å². The van der Waals surface area contributed by atoms with E-state index in [0.717, 1.165) is 67.9 Å². The maximum Gasteiger partial charge on any atom is 0.305 e. The van der Waals surface area contributed by atoms with Gasteiger partial charge in [-0.3, -0.25) is 9.59 Å². The summed E-state index contributed by atoms with van der Waals surface area (Å²) in [5.74, 6) is -1.17. The monoisotopic (exact) mass is 626 g/mol. The lowest BCUT2D eigenvalue weighted by molar-refractivity contribution is -0.143. The highest BCUT2D eigenvalue weighted by Gasteiger charge is 2.48. The van der Waals surface area contributed by atoms with Gasteiger partial charge in [-0.25, -0.2) is 0 Å². The second kappa shape index (κ2) is 12.3. The molecule has 9 nitrogen and oxygen atoms in total. The summed E-state index contributed by atoms with van der Waals surface area (Å²) in [5.41, 5.74) is 10.7. The molecular weight excluding hydrogens is 580 g/mol. The third-order valence-corrected chi connectivity index (χ3v) is 10.6. The van der Waals surface area contributed by atoms with Gasteiger partial charge >= 0.3 is 5.97 Å². The molecule has 6 atom stereocenters. The number of esters is 1. The van der Waals surface area contributed by atoms with E-state index in [1.807, 2.05) is 13.0 Å². The van der Waals surface area contributed by atoms with E-state index in [1.54, 1.807) is 6.92 Å². The molecule has 244 valence electrons. The Bertz CT molecular complexity index is 1840. The highest BCUT2D eigenvalue weighted by Crippen LogP contribution is 2.43. The Morgan fingerprint density at radius 1 is 1.09 bits per heavy atom. The molecule has 8 bridgehead atoms. The van der Waals surface area contributed by atoms with Crippen LogP contribution in [0.25, 0.3) is 29.9 Å². The van der Waals surface area contributed by atoms with Crippen molar-refractivity contribution in [2.75, 3.05) is 13.7 Å². The maximum atomic E-state index is 14.2. The molecule has 46 heavy (non-hydrogen) atoms. The molecule has 1 fully saturated rings. The number of hydrogen-bond acceptors (Lipinski definition) is 7. The second-order valence-corrected chi connectivity index (χ2v) is 12.9. The molecule has 0 radical (unpaired) electrons. The number of aliphatic hydroxyl groups excluding tert-OH is 1. The van der Waals surface area contributed by atoms with Gasteiger partial charge in [-0.2, -0.15) is 0 Å². The average molecular weight is 627 g/mol. The Morgan fingerprint density at radius 3 is 2.50 bits per heavy atom. The number of nitrogens with one attached hydrogen (secondary N) is 4. The number of ketones is 1. The fourth-order valence-corrected chi connectivity index (χ4v) is 8.04. The number of aromatic amines is 2. The first-order valence-electron chi connectivity index (χ1n) is 16.4. The number of ether oxygens (including phenoxy) is 2. The van der Waals surface area contributed by atoms with Crippen molar-refractivity contribution in [2.45, 2.75) is 73.1 Å². The van der Waals surface area contributed by atoms with Crippen LogP contribution >= 0.6 is 0 Å². The van der Waals surface area contributed by atoms with Crippen molar-refractivity contribution in [1.29, 1.82) is 0 Å². The van der Waals surface area contributed by atoms with Crippen LogP contribution in [0.1, 0.15) is 85.4 Å². The zero-order valence-corrected chi connectivity index (χ0v) is 27.9. The minimum absolute atomic E-state index is 0.0100. The van der Waals surface area contributed by atoms with Crippen LogP contribution in [0.15, 0.2) is 29.2 Å². The number of aliphatic hydroxyl groups is 1. The van der Waals surface area contributed by atoms with Crippen molar-refractivity contribution in [3.05, 3.63) is 73.6 Å². The molecule has 5 N–H and O–H groups in total. The van der Waals surface area contributed by atoms with Gasteiger partial charge in [0.2, 0.25) is 0 Å². The summed E-state index contributed by atoms with van der Waals surface area (Å²) in [7, 11) is 1.42. The first-order chi connectivity index (χ1) is 22.0. The zero-order valence-electron chi connectivity index (χ0n) is 27.9. The molecule has 6 rings (SSSR count). The standard InChI is InChI=1S/C37H46N4O5/c1-9-21-17(4)24-14-26-19(6)23(12-13-30(42)46-11-3)34(40-26)32-33(37(44)45-8)36(43)31-20(7)27(41-35(31)32)16-29-22(10-2)18(5)25(39-29)15-28(21)38-24/h9,14-16,18-19,23,33-34,37-41,44H,1,10-13H2,2-8H3/b25-15-,26-14-,27-16-/t18-,19-,23-,33+,34?,37?/m0/s1. The van der Waals surface area contributed by atoms with Crippen LogP contribution in [-0.2, 0) is 14.3 Å². The molecule has 0 saturated carbocycles. The third kappa shape index (κ3) is 5.00. The number of rotatable bonds is 8. The van der Waals surface area contributed by atoms with Crippen molar-refractivity contribution in [3.8, 4) is 0 Å². The van der Waals surface area contributed by atoms with E-state index in [-0.39, 0.29) is 42.0 Å². The minimum atomic E-state index is -1.32. The summed E-state index contributed by atoms with van der Waals surface area (Å²) >= 11 is 0. The number of carbonyl (C=O) groups is 2. The van der Waals surface area contributed by atoms with Crippen LogP contribution in [0.3, 0.4) is 0 Å². The predicted molar refractivity (Wildman–Crippen MR) is 180 cm³/mol. The minimum Gasteiger partial charge on any atom is -0.466 e. The van der Waals surface area contributed by atoms with Gasteiger partial charge in [0, 0.05) is 70.3 Å². The van der Waals surface area contributed by atoms with Gasteiger partial charge in [-0.15, -0.1) is 0 Å². The fourth-order valence-electron chi connectivity index (χ4n) is 8.04. The summed E-state index contributed by atoms with van der Waals surface area (Å²) in [6.07, 6.45) is 8.68. The predicted octanol–water partition coefficient (Wildman–Crippen LogP) is 4.18.